The van der Waals surface area contributed by atoms with Gasteiger partial charge in [0.05, 0.1) is 17.3 Å². The second-order valence-electron chi connectivity index (χ2n) is 11.6. The van der Waals surface area contributed by atoms with Crippen molar-refractivity contribution in [1.82, 2.24) is 4.98 Å². The summed E-state index contributed by atoms with van der Waals surface area (Å²) in [5.74, 6) is -1.61. The predicted molar refractivity (Wildman–Crippen MR) is 191 cm³/mol. The van der Waals surface area contributed by atoms with E-state index in [0.717, 1.165) is 28.0 Å². The Morgan fingerprint density at radius 1 is 0.880 bits per heavy atom. The first-order valence-electron chi connectivity index (χ1n) is 15.9. The molecule has 9 nitrogen and oxygen atoms in total. The lowest BCUT2D eigenvalue weighted by Crippen LogP contribution is -2.29. The fourth-order valence-electron chi connectivity index (χ4n) is 5.54. The number of hydrogen-bond acceptors (Lipinski definition) is 9. The number of ether oxygens (including phenoxy) is 3. The van der Waals surface area contributed by atoms with Gasteiger partial charge in [0.1, 0.15) is 42.0 Å². The maximum Gasteiger partial charge on any atom is 0.350 e. The van der Waals surface area contributed by atoms with Gasteiger partial charge in [0, 0.05) is 5.56 Å². The van der Waals surface area contributed by atoms with Crippen molar-refractivity contribution in [2.24, 2.45) is 0 Å². The van der Waals surface area contributed by atoms with E-state index in [9.17, 15) is 19.5 Å². The number of amides is 1. The molecule has 0 aliphatic carbocycles. The number of carbonyl (C=O) groups excluding carboxylic acids is 3. The first-order chi connectivity index (χ1) is 24.2. The van der Waals surface area contributed by atoms with Gasteiger partial charge in [-0.1, -0.05) is 96.3 Å². The van der Waals surface area contributed by atoms with Gasteiger partial charge in [-0.25, -0.2) is 9.78 Å². The van der Waals surface area contributed by atoms with Crippen LogP contribution in [0.2, 0.25) is 0 Å². The molecule has 1 N–H and O–H groups in total. The minimum atomic E-state index is -1.06. The second kappa shape index (κ2) is 15.0. The summed E-state index contributed by atoms with van der Waals surface area (Å²) in [6, 6.07) is 30.3. The number of ketones is 1. The third-order valence-electron chi connectivity index (χ3n) is 8.01. The molecular weight excluding hydrogens is 653 g/mol. The Kier molecular flexibility index (Phi) is 10.2. The van der Waals surface area contributed by atoms with E-state index in [2.05, 4.69) is 11.6 Å². The monoisotopic (exact) mass is 686 g/mol. The molecule has 1 aromatic heterocycles. The summed E-state index contributed by atoms with van der Waals surface area (Å²) in [6.07, 6.45) is 1.45. The molecule has 1 aliphatic heterocycles. The second-order valence-corrected chi connectivity index (χ2v) is 12.6. The van der Waals surface area contributed by atoms with Crippen LogP contribution in [0.4, 0.5) is 5.13 Å². The molecule has 1 saturated heterocycles. The quantitative estimate of drug-likeness (QED) is 0.0464. The highest BCUT2D eigenvalue weighted by atomic mass is 32.1. The van der Waals surface area contributed by atoms with Crippen molar-refractivity contribution in [1.29, 1.82) is 0 Å². The Labute approximate surface area is 293 Å². The largest absolute Gasteiger partial charge is 0.507 e. The van der Waals surface area contributed by atoms with E-state index >= 15 is 0 Å². The normalized spacial score (nSPS) is 15.2. The molecule has 5 aromatic rings. The Morgan fingerprint density at radius 2 is 1.52 bits per heavy atom. The van der Waals surface area contributed by atoms with Gasteiger partial charge in [0.15, 0.2) is 5.13 Å². The molecular formula is C40H34N2O7S. The van der Waals surface area contributed by atoms with Gasteiger partial charge in [-0.15, -0.1) is 0 Å². The number of esters is 1. The van der Waals surface area contributed by atoms with Crippen LogP contribution in [0.15, 0.2) is 121 Å². The summed E-state index contributed by atoms with van der Waals surface area (Å²) in [6.45, 7) is 7.92. The number of thiazole rings is 1. The fourth-order valence-corrected chi connectivity index (χ4v) is 6.53. The van der Waals surface area contributed by atoms with Crippen LogP contribution in [0.25, 0.3) is 5.76 Å². The van der Waals surface area contributed by atoms with Crippen molar-refractivity contribution >= 4 is 39.9 Å². The molecule has 0 spiro atoms. The zero-order valence-electron chi connectivity index (χ0n) is 27.5. The van der Waals surface area contributed by atoms with Crippen molar-refractivity contribution in [3.63, 3.8) is 0 Å². The summed E-state index contributed by atoms with van der Waals surface area (Å²) in [5, 5.41) is 11.8. The van der Waals surface area contributed by atoms with Crippen LogP contribution in [-0.2, 0) is 27.5 Å². The van der Waals surface area contributed by atoms with Gasteiger partial charge >= 0.3 is 11.9 Å². The van der Waals surface area contributed by atoms with Gasteiger partial charge < -0.3 is 19.3 Å². The zero-order valence-corrected chi connectivity index (χ0v) is 28.3. The smallest absolute Gasteiger partial charge is 0.350 e. The average Bonchev–Trinajstić information content (AvgIpc) is 3.65. The van der Waals surface area contributed by atoms with Crippen LogP contribution in [0.3, 0.4) is 0 Å². The fraction of sp³-hybridized carbons (Fsp3) is 0.150. The number of aryl methyl sites for hydroxylation is 2. The SMILES string of the molecule is C=CCOC(=O)c1sc(N2C(=O)C(=O)C(=C(O)c3ccc(OCc4cccc(C)c4)cc3)C2c2ccc(OCc3ccccc3)cc2)nc1C. The van der Waals surface area contributed by atoms with E-state index in [0.29, 0.717) is 41.5 Å². The molecule has 1 unspecified atom stereocenters. The van der Waals surface area contributed by atoms with E-state index in [4.69, 9.17) is 14.2 Å². The van der Waals surface area contributed by atoms with Crippen LogP contribution < -0.4 is 14.4 Å². The Balaban J connectivity index is 1.34. The number of aliphatic hydroxyl groups excluding tert-OH is 1. The van der Waals surface area contributed by atoms with Crippen molar-refractivity contribution in [3.05, 3.63) is 160 Å². The number of aliphatic hydroxyl groups is 1. The zero-order chi connectivity index (χ0) is 35.2. The summed E-state index contributed by atoms with van der Waals surface area (Å²) >= 11 is 0.932. The highest BCUT2D eigenvalue weighted by Gasteiger charge is 2.48. The van der Waals surface area contributed by atoms with Gasteiger partial charge in [-0.3, -0.25) is 14.5 Å². The van der Waals surface area contributed by atoms with Crippen molar-refractivity contribution in [3.8, 4) is 11.5 Å². The molecule has 0 radical (unpaired) electrons. The number of nitrogens with zero attached hydrogens (tertiary/aromatic N) is 2. The van der Waals surface area contributed by atoms with Crippen molar-refractivity contribution in [2.75, 3.05) is 11.5 Å². The summed E-state index contributed by atoms with van der Waals surface area (Å²) in [4.78, 5) is 46.1. The average molecular weight is 687 g/mol. The van der Waals surface area contributed by atoms with E-state index in [1.807, 2.05) is 61.5 Å². The van der Waals surface area contributed by atoms with Gasteiger partial charge in [0.2, 0.25) is 0 Å². The molecule has 4 aromatic carbocycles. The lowest BCUT2D eigenvalue weighted by molar-refractivity contribution is -0.132. The highest BCUT2D eigenvalue weighted by molar-refractivity contribution is 7.17. The van der Waals surface area contributed by atoms with E-state index in [1.165, 1.54) is 11.0 Å². The molecule has 1 atom stereocenters. The Hall–Kier alpha value is -6.00. The number of rotatable bonds is 12. The summed E-state index contributed by atoms with van der Waals surface area (Å²) < 4.78 is 17.1. The number of hydrogen-bond donors (Lipinski definition) is 1. The molecule has 1 amide bonds. The third kappa shape index (κ3) is 7.35. The molecule has 252 valence electrons. The van der Waals surface area contributed by atoms with Crippen LogP contribution in [0.5, 0.6) is 11.5 Å². The Bertz CT molecular complexity index is 2070. The molecule has 1 aliphatic rings. The van der Waals surface area contributed by atoms with Crippen LogP contribution in [0.1, 0.15) is 49.2 Å². The van der Waals surface area contributed by atoms with Gasteiger partial charge in [-0.2, -0.15) is 0 Å². The summed E-state index contributed by atoms with van der Waals surface area (Å²) in [7, 11) is 0. The van der Waals surface area contributed by atoms with E-state index in [1.54, 1.807) is 55.5 Å². The molecule has 6 rings (SSSR count). The lowest BCUT2D eigenvalue weighted by atomic mass is 9.95. The first-order valence-corrected chi connectivity index (χ1v) is 16.7. The molecule has 50 heavy (non-hydrogen) atoms. The van der Waals surface area contributed by atoms with Crippen molar-refractivity contribution < 1.29 is 33.7 Å². The number of carbonyl (C=O) groups is 3. The first kappa shape index (κ1) is 33.9. The van der Waals surface area contributed by atoms with Crippen molar-refractivity contribution in [2.45, 2.75) is 33.1 Å². The standard InChI is InChI=1S/C40H34N2O7S/c1-4-21-47-39(46)37-26(3)41-40(50-37)42-34(29-13-17-31(18-14-29)48-23-27-10-6-5-7-11-27)33(36(44)38(42)45)35(43)30-15-19-32(20-16-30)49-24-28-12-8-9-25(2)22-28/h4-20,22,34,43H,1,21,23-24H2,2-3H3. The molecule has 0 saturated carbocycles. The number of benzene rings is 4. The lowest BCUT2D eigenvalue weighted by Gasteiger charge is -2.23. The van der Waals surface area contributed by atoms with Gasteiger partial charge in [0.25, 0.3) is 5.78 Å². The Morgan fingerprint density at radius 3 is 2.18 bits per heavy atom. The highest BCUT2D eigenvalue weighted by Crippen LogP contribution is 2.44. The number of aromatic nitrogens is 1. The van der Waals surface area contributed by atoms with E-state index in [-0.39, 0.29) is 27.9 Å². The third-order valence-corrected chi connectivity index (χ3v) is 9.15. The number of Topliss-reactive ketones (excluding diaryl/α,β-unsaturated/α-hetero) is 1. The summed E-state index contributed by atoms with van der Waals surface area (Å²) in [5.41, 5.74) is 4.21. The minimum Gasteiger partial charge on any atom is -0.507 e. The predicted octanol–water partition coefficient (Wildman–Crippen LogP) is 7.89. The molecule has 2 heterocycles. The van der Waals surface area contributed by atoms with Crippen LogP contribution in [-0.4, -0.2) is 34.4 Å². The van der Waals surface area contributed by atoms with Gasteiger partial charge in [-0.05, 0) is 66.9 Å². The van der Waals surface area contributed by atoms with E-state index < -0.39 is 23.7 Å². The maximum absolute atomic E-state index is 13.8. The molecule has 1 fully saturated rings. The molecule has 0 bridgehead atoms. The molecule has 10 heteroatoms. The maximum atomic E-state index is 13.8. The van der Waals surface area contributed by atoms with Crippen LogP contribution >= 0.6 is 11.3 Å². The topological polar surface area (TPSA) is 115 Å². The minimum absolute atomic E-state index is 0.00443. The number of anilines is 1. The van der Waals surface area contributed by atoms with Crippen LogP contribution in [0, 0.1) is 13.8 Å².